The van der Waals surface area contributed by atoms with Gasteiger partial charge in [-0.3, -0.25) is 9.69 Å². The van der Waals surface area contributed by atoms with Crippen LogP contribution in [0.25, 0.3) is 0 Å². The van der Waals surface area contributed by atoms with Crippen LogP contribution in [0.4, 0.5) is 0 Å². The molecule has 144 valence electrons. The first kappa shape index (κ1) is 17.9. The molecule has 0 saturated carbocycles. The van der Waals surface area contributed by atoms with E-state index in [1.807, 2.05) is 4.90 Å². The van der Waals surface area contributed by atoms with Crippen LogP contribution in [0, 0.1) is 5.41 Å². The number of carbonyl (C=O) groups excluding carboxylic acids is 1. The van der Waals surface area contributed by atoms with Gasteiger partial charge in [-0.05, 0) is 44.1 Å². The first-order valence-electron chi connectivity index (χ1n) is 9.70. The van der Waals surface area contributed by atoms with E-state index in [4.69, 9.17) is 4.74 Å². The number of hydrogen-bond donors (Lipinski definition) is 1. The van der Waals surface area contributed by atoms with E-state index >= 15 is 0 Å². The molecule has 8 heteroatoms. The number of aromatic nitrogens is 3. The molecule has 3 aliphatic rings. The summed E-state index contributed by atoms with van der Waals surface area (Å²) in [7, 11) is 1.75. The number of ether oxygens (including phenoxy) is 1. The lowest BCUT2D eigenvalue weighted by molar-refractivity contribution is 0.0395. The topological polar surface area (TPSA) is 83.7 Å². The van der Waals surface area contributed by atoms with Gasteiger partial charge in [-0.1, -0.05) is 0 Å². The number of aliphatic hydroxyl groups excluding tert-OH is 1. The van der Waals surface area contributed by atoms with Gasteiger partial charge in [0.2, 0.25) is 5.82 Å². The summed E-state index contributed by atoms with van der Waals surface area (Å²) in [5.41, 5.74) is 0.204. The van der Waals surface area contributed by atoms with Crippen LogP contribution in [-0.2, 0) is 11.8 Å². The molecule has 8 nitrogen and oxygen atoms in total. The van der Waals surface area contributed by atoms with Crippen molar-refractivity contribution in [3.63, 3.8) is 0 Å². The highest BCUT2D eigenvalue weighted by Crippen LogP contribution is 2.42. The number of piperidine rings is 1. The lowest BCUT2D eigenvalue weighted by atomic mass is 9.76. The molecule has 0 bridgehead atoms. The molecule has 1 aromatic heterocycles. The van der Waals surface area contributed by atoms with E-state index in [1.165, 1.54) is 17.4 Å². The second kappa shape index (κ2) is 7.25. The monoisotopic (exact) mass is 363 g/mol. The normalized spacial score (nSPS) is 28.9. The molecular formula is C18H29N5O3. The Kier molecular flexibility index (Phi) is 4.98. The van der Waals surface area contributed by atoms with Crippen molar-refractivity contribution in [1.82, 2.24) is 24.6 Å². The van der Waals surface area contributed by atoms with Crippen LogP contribution >= 0.6 is 0 Å². The van der Waals surface area contributed by atoms with E-state index < -0.39 is 0 Å². The number of amides is 1. The number of hydrogen-bond acceptors (Lipinski definition) is 6. The zero-order chi connectivity index (χ0) is 18.1. The predicted octanol–water partition coefficient (Wildman–Crippen LogP) is 0.283. The highest BCUT2D eigenvalue weighted by Gasteiger charge is 2.44. The Morgan fingerprint density at radius 3 is 2.88 bits per heavy atom. The summed E-state index contributed by atoms with van der Waals surface area (Å²) in [5.74, 6) is 0.378. The number of aliphatic hydroxyl groups is 1. The molecular weight excluding hydrogens is 334 g/mol. The number of nitrogens with zero attached hydrogens (tertiary/aromatic N) is 5. The first-order chi connectivity index (χ1) is 12.6. The average Bonchev–Trinajstić information content (AvgIpc) is 3.36. The molecule has 26 heavy (non-hydrogen) atoms. The van der Waals surface area contributed by atoms with E-state index in [1.54, 1.807) is 7.05 Å². The van der Waals surface area contributed by atoms with E-state index in [0.29, 0.717) is 11.9 Å². The quantitative estimate of drug-likeness (QED) is 0.827. The van der Waals surface area contributed by atoms with Gasteiger partial charge in [0, 0.05) is 32.7 Å². The van der Waals surface area contributed by atoms with Crippen molar-refractivity contribution in [2.45, 2.75) is 44.2 Å². The van der Waals surface area contributed by atoms with Gasteiger partial charge >= 0.3 is 0 Å². The van der Waals surface area contributed by atoms with Crippen LogP contribution in [0.5, 0.6) is 0 Å². The van der Waals surface area contributed by atoms with Gasteiger partial charge in [-0.25, -0.2) is 9.67 Å². The molecule has 0 aliphatic carbocycles. The maximum absolute atomic E-state index is 12.6. The molecule has 4 heterocycles. The van der Waals surface area contributed by atoms with Crippen molar-refractivity contribution < 1.29 is 14.6 Å². The van der Waals surface area contributed by atoms with Crippen LogP contribution in [0.3, 0.4) is 0 Å². The minimum Gasteiger partial charge on any atom is -0.395 e. The summed E-state index contributed by atoms with van der Waals surface area (Å²) >= 11 is 0. The predicted molar refractivity (Wildman–Crippen MR) is 94.6 cm³/mol. The zero-order valence-corrected chi connectivity index (χ0v) is 15.5. The summed E-state index contributed by atoms with van der Waals surface area (Å²) < 4.78 is 7.67. The molecule has 0 unspecified atom stereocenters. The Morgan fingerprint density at radius 2 is 2.19 bits per heavy atom. The Bertz CT molecular complexity index is 641. The van der Waals surface area contributed by atoms with Crippen LogP contribution in [0.15, 0.2) is 6.33 Å². The van der Waals surface area contributed by atoms with Gasteiger partial charge in [0.05, 0.1) is 19.3 Å². The second-order valence-electron chi connectivity index (χ2n) is 8.11. The molecule has 1 amide bonds. The van der Waals surface area contributed by atoms with Crippen molar-refractivity contribution in [1.29, 1.82) is 0 Å². The number of carbonyl (C=O) groups is 1. The summed E-state index contributed by atoms with van der Waals surface area (Å²) in [4.78, 5) is 20.9. The Balaban J connectivity index is 1.30. The molecule has 3 aliphatic heterocycles. The van der Waals surface area contributed by atoms with Crippen molar-refractivity contribution in [3.05, 3.63) is 12.2 Å². The van der Waals surface area contributed by atoms with Crippen molar-refractivity contribution >= 4 is 5.91 Å². The molecule has 4 rings (SSSR count). The van der Waals surface area contributed by atoms with Gasteiger partial charge < -0.3 is 14.7 Å². The lowest BCUT2D eigenvalue weighted by Crippen LogP contribution is -2.44. The molecule has 2 atom stereocenters. The molecule has 3 fully saturated rings. The second-order valence-corrected chi connectivity index (χ2v) is 8.11. The van der Waals surface area contributed by atoms with Gasteiger partial charge in [0.15, 0.2) is 0 Å². The van der Waals surface area contributed by atoms with Crippen LogP contribution in [0.1, 0.15) is 42.7 Å². The third-order valence-corrected chi connectivity index (χ3v) is 6.45. The largest absolute Gasteiger partial charge is 0.395 e. The molecule has 1 aromatic rings. The smallest absolute Gasteiger partial charge is 0.291 e. The van der Waals surface area contributed by atoms with Crippen molar-refractivity contribution in [3.8, 4) is 0 Å². The standard InChI is InChI=1S/C18H29N5O3/c1-21-16(19-13-20-21)17(25)22-7-4-18(5-8-22)9-15(26-12-18)10-23-6-2-3-14(23)11-24/h13-15,24H,2-12H2,1H3/t14-,15-/m0/s1. The van der Waals surface area contributed by atoms with Gasteiger partial charge in [-0.2, -0.15) is 5.10 Å². The van der Waals surface area contributed by atoms with E-state index in [0.717, 1.165) is 58.5 Å². The third-order valence-electron chi connectivity index (χ3n) is 6.45. The summed E-state index contributed by atoms with van der Waals surface area (Å²) in [6.45, 7) is 4.54. The minimum atomic E-state index is -0.0295. The molecule has 0 aromatic carbocycles. The maximum atomic E-state index is 12.6. The highest BCUT2D eigenvalue weighted by atomic mass is 16.5. The molecule has 1 N–H and O–H groups in total. The fourth-order valence-electron chi connectivity index (χ4n) is 4.78. The summed E-state index contributed by atoms with van der Waals surface area (Å²) in [6.07, 6.45) is 6.96. The SMILES string of the molecule is Cn1ncnc1C(=O)N1CCC2(CC1)CO[C@H](CN1CCC[C@H]1CO)C2. The van der Waals surface area contributed by atoms with Crippen LogP contribution < -0.4 is 0 Å². The van der Waals surface area contributed by atoms with Crippen molar-refractivity contribution in [2.24, 2.45) is 12.5 Å². The van der Waals surface area contributed by atoms with Crippen molar-refractivity contribution in [2.75, 3.05) is 39.4 Å². The Morgan fingerprint density at radius 1 is 1.38 bits per heavy atom. The first-order valence-corrected chi connectivity index (χ1v) is 9.70. The van der Waals surface area contributed by atoms with Crippen LogP contribution in [0.2, 0.25) is 0 Å². The zero-order valence-electron chi connectivity index (χ0n) is 15.5. The fraction of sp³-hybridized carbons (Fsp3) is 0.833. The Labute approximate surface area is 154 Å². The summed E-state index contributed by atoms with van der Waals surface area (Å²) in [5, 5.41) is 13.5. The lowest BCUT2D eigenvalue weighted by Gasteiger charge is -2.38. The third kappa shape index (κ3) is 3.37. The van der Waals surface area contributed by atoms with Gasteiger partial charge in [0.25, 0.3) is 5.91 Å². The van der Waals surface area contributed by atoms with E-state index in [9.17, 15) is 9.90 Å². The van der Waals surface area contributed by atoms with E-state index in [-0.39, 0.29) is 24.0 Å². The van der Waals surface area contributed by atoms with Gasteiger partial charge in [-0.15, -0.1) is 0 Å². The Hall–Kier alpha value is -1.51. The van der Waals surface area contributed by atoms with Gasteiger partial charge in [0.1, 0.15) is 6.33 Å². The number of rotatable bonds is 4. The fourth-order valence-corrected chi connectivity index (χ4v) is 4.78. The van der Waals surface area contributed by atoms with E-state index in [2.05, 4.69) is 15.0 Å². The number of aryl methyl sites for hydroxylation is 1. The maximum Gasteiger partial charge on any atom is 0.291 e. The molecule has 0 radical (unpaired) electrons. The summed E-state index contributed by atoms with van der Waals surface area (Å²) in [6, 6.07) is 0.306. The minimum absolute atomic E-state index is 0.0295. The highest BCUT2D eigenvalue weighted by molar-refractivity contribution is 5.90. The number of likely N-dealkylation sites (tertiary alicyclic amines) is 2. The average molecular weight is 363 g/mol. The molecule has 1 spiro atoms. The van der Waals surface area contributed by atoms with Crippen LogP contribution in [-0.4, -0.2) is 87.1 Å². The molecule has 3 saturated heterocycles.